The zero-order chi connectivity index (χ0) is 22.1. The lowest BCUT2D eigenvalue weighted by Crippen LogP contribution is -2.37. The molecule has 4 rings (SSSR count). The van der Waals surface area contributed by atoms with E-state index in [1.165, 1.54) is 22.2 Å². The number of aromatic nitrogens is 4. The van der Waals surface area contributed by atoms with E-state index in [4.69, 9.17) is 4.98 Å². The Morgan fingerprint density at radius 3 is 2.68 bits per heavy atom. The molecule has 0 aliphatic heterocycles. The van der Waals surface area contributed by atoms with Gasteiger partial charge in [0.25, 0.3) is 5.56 Å². The van der Waals surface area contributed by atoms with E-state index >= 15 is 0 Å². The van der Waals surface area contributed by atoms with Crippen molar-refractivity contribution in [2.45, 2.75) is 40.8 Å². The van der Waals surface area contributed by atoms with Crippen LogP contribution in [0.15, 0.2) is 47.8 Å². The van der Waals surface area contributed by atoms with Gasteiger partial charge in [0.2, 0.25) is 5.91 Å². The predicted octanol–water partition coefficient (Wildman–Crippen LogP) is 3.72. The summed E-state index contributed by atoms with van der Waals surface area (Å²) in [6.45, 7) is 7.79. The fraction of sp³-hybridized carbons (Fsp3) is 0.261. The van der Waals surface area contributed by atoms with Gasteiger partial charge >= 0.3 is 0 Å². The minimum Gasteiger partial charge on any atom is -0.289 e. The van der Waals surface area contributed by atoms with Crippen LogP contribution in [-0.4, -0.2) is 25.4 Å². The Kier molecular flexibility index (Phi) is 5.65. The van der Waals surface area contributed by atoms with Crippen molar-refractivity contribution < 1.29 is 4.79 Å². The van der Waals surface area contributed by atoms with Gasteiger partial charge in [-0.3, -0.25) is 24.0 Å². The van der Waals surface area contributed by atoms with Crippen LogP contribution in [0, 0.1) is 27.7 Å². The lowest BCUT2D eigenvalue weighted by molar-refractivity contribution is -0.119. The Morgan fingerprint density at radius 2 is 1.94 bits per heavy atom. The summed E-state index contributed by atoms with van der Waals surface area (Å²) < 4.78 is 2.37. The number of carbonyl (C=O) groups is 1. The molecular formula is C23H23N5O2S. The third-order valence-corrected chi connectivity index (χ3v) is 6.53. The summed E-state index contributed by atoms with van der Waals surface area (Å²) in [6.07, 6.45) is 4.85. The molecule has 0 saturated carbocycles. The maximum absolute atomic E-state index is 13.4. The van der Waals surface area contributed by atoms with Crippen molar-refractivity contribution in [2.75, 3.05) is 4.90 Å². The molecule has 1 amide bonds. The van der Waals surface area contributed by atoms with E-state index in [0.29, 0.717) is 22.9 Å². The molecular weight excluding hydrogens is 410 g/mol. The molecule has 0 bridgehead atoms. The summed E-state index contributed by atoms with van der Waals surface area (Å²) in [4.78, 5) is 40.8. The van der Waals surface area contributed by atoms with E-state index in [1.807, 2.05) is 32.0 Å². The average Bonchev–Trinajstić information content (AvgIpc) is 3.20. The summed E-state index contributed by atoms with van der Waals surface area (Å²) in [5, 5.41) is 0.599. The molecule has 158 valence electrons. The Labute approximate surface area is 184 Å². The second-order valence-electron chi connectivity index (χ2n) is 7.58. The Balaban J connectivity index is 1.74. The molecule has 3 aromatic heterocycles. The second kappa shape index (κ2) is 8.39. The van der Waals surface area contributed by atoms with Crippen LogP contribution in [0.4, 0.5) is 5.13 Å². The Morgan fingerprint density at radius 1 is 1.13 bits per heavy atom. The van der Waals surface area contributed by atoms with E-state index in [9.17, 15) is 9.59 Å². The fourth-order valence-electron chi connectivity index (χ4n) is 3.29. The number of anilines is 1. The number of fused-ring (bicyclic) bond motifs is 1. The van der Waals surface area contributed by atoms with E-state index in [1.54, 1.807) is 31.1 Å². The van der Waals surface area contributed by atoms with Crippen LogP contribution < -0.4 is 10.5 Å². The maximum Gasteiger partial charge on any atom is 0.256 e. The number of thiazole rings is 1. The van der Waals surface area contributed by atoms with Crippen molar-refractivity contribution in [3.05, 3.63) is 81.3 Å². The molecule has 3 heterocycles. The van der Waals surface area contributed by atoms with E-state index < -0.39 is 0 Å². The summed E-state index contributed by atoms with van der Waals surface area (Å²) in [5.41, 5.74) is 5.03. The molecule has 0 saturated heterocycles. The highest BCUT2D eigenvalue weighted by atomic mass is 32.1. The van der Waals surface area contributed by atoms with Crippen LogP contribution in [0.25, 0.3) is 10.2 Å². The third kappa shape index (κ3) is 4.11. The third-order valence-electron chi connectivity index (χ3n) is 5.49. The standard InChI is InChI=1S/C23H23N5O2S/c1-14-7-8-19-21(15(14)2)26-23(31-19)28(11-18-6-5-9-24-10-18)20(29)12-27-13-25-17(4)16(3)22(27)30/h5-10,13H,11-12H2,1-4H3. The topological polar surface area (TPSA) is 81.0 Å². The molecule has 0 aliphatic carbocycles. The first-order valence-electron chi connectivity index (χ1n) is 9.94. The molecule has 0 fully saturated rings. The van der Waals surface area contributed by atoms with Gasteiger partial charge in [-0.15, -0.1) is 0 Å². The zero-order valence-electron chi connectivity index (χ0n) is 17.9. The summed E-state index contributed by atoms with van der Waals surface area (Å²) in [6, 6.07) is 7.85. The van der Waals surface area contributed by atoms with Crippen molar-refractivity contribution in [1.82, 2.24) is 19.5 Å². The number of rotatable bonds is 5. The van der Waals surface area contributed by atoms with Crippen LogP contribution in [0.1, 0.15) is 27.9 Å². The van der Waals surface area contributed by atoms with Crippen LogP contribution in [-0.2, 0) is 17.9 Å². The maximum atomic E-state index is 13.4. The zero-order valence-corrected chi connectivity index (χ0v) is 18.7. The number of hydrogen-bond donors (Lipinski definition) is 0. The van der Waals surface area contributed by atoms with Gasteiger partial charge in [0.15, 0.2) is 5.13 Å². The monoisotopic (exact) mass is 433 g/mol. The molecule has 8 heteroatoms. The quantitative estimate of drug-likeness (QED) is 0.479. The summed E-state index contributed by atoms with van der Waals surface area (Å²) >= 11 is 1.47. The molecule has 0 radical (unpaired) electrons. The summed E-state index contributed by atoms with van der Waals surface area (Å²) in [7, 11) is 0. The highest BCUT2D eigenvalue weighted by Gasteiger charge is 2.22. The van der Waals surface area contributed by atoms with Crippen molar-refractivity contribution in [1.29, 1.82) is 0 Å². The fourth-order valence-corrected chi connectivity index (χ4v) is 4.33. The molecule has 7 nitrogen and oxygen atoms in total. The van der Waals surface area contributed by atoms with Crippen LogP contribution in [0.5, 0.6) is 0 Å². The van der Waals surface area contributed by atoms with Gasteiger partial charge in [-0.2, -0.15) is 0 Å². The van der Waals surface area contributed by atoms with Crippen LogP contribution in [0.3, 0.4) is 0 Å². The van der Waals surface area contributed by atoms with Crippen molar-refractivity contribution in [2.24, 2.45) is 0 Å². The van der Waals surface area contributed by atoms with Crippen molar-refractivity contribution >= 4 is 32.6 Å². The van der Waals surface area contributed by atoms with Gasteiger partial charge in [-0.25, -0.2) is 9.97 Å². The largest absolute Gasteiger partial charge is 0.289 e. The van der Waals surface area contributed by atoms with Gasteiger partial charge in [0.05, 0.1) is 23.1 Å². The summed E-state index contributed by atoms with van der Waals surface area (Å²) in [5.74, 6) is -0.232. The number of amides is 1. The van der Waals surface area contributed by atoms with Crippen molar-refractivity contribution in [3.8, 4) is 0 Å². The molecule has 0 aliphatic rings. The Bertz CT molecular complexity index is 1330. The highest BCUT2D eigenvalue weighted by Crippen LogP contribution is 2.32. The molecule has 0 spiro atoms. The minimum atomic E-state index is -0.232. The molecule has 31 heavy (non-hydrogen) atoms. The molecule has 4 aromatic rings. The molecule has 0 atom stereocenters. The van der Waals surface area contributed by atoms with Crippen molar-refractivity contribution in [3.63, 3.8) is 0 Å². The number of pyridine rings is 1. The first-order chi connectivity index (χ1) is 14.8. The minimum absolute atomic E-state index is 0.110. The number of carbonyl (C=O) groups excluding carboxylic acids is 1. The van der Waals surface area contributed by atoms with E-state index in [-0.39, 0.29) is 18.0 Å². The smallest absolute Gasteiger partial charge is 0.256 e. The molecule has 1 aromatic carbocycles. The number of benzene rings is 1. The first kappa shape index (κ1) is 20.9. The number of aryl methyl sites for hydroxylation is 3. The van der Waals surface area contributed by atoms with Crippen LogP contribution >= 0.6 is 11.3 Å². The SMILES string of the molecule is Cc1ccc2sc(N(Cc3cccnc3)C(=O)Cn3cnc(C)c(C)c3=O)nc2c1C. The number of nitrogens with zero attached hydrogens (tertiary/aromatic N) is 5. The van der Waals surface area contributed by atoms with E-state index in [2.05, 4.69) is 16.0 Å². The van der Waals surface area contributed by atoms with E-state index in [0.717, 1.165) is 26.9 Å². The van der Waals surface area contributed by atoms with Gasteiger partial charge in [-0.05, 0) is 56.5 Å². The lowest BCUT2D eigenvalue weighted by Gasteiger charge is -2.20. The van der Waals surface area contributed by atoms with Crippen LogP contribution in [0.2, 0.25) is 0 Å². The average molecular weight is 434 g/mol. The second-order valence-corrected chi connectivity index (χ2v) is 8.59. The van der Waals surface area contributed by atoms with Gasteiger partial charge < -0.3 is 0 Å². The lowest BCUT2D eigenvalue weighted by atomic mass is 10.1. The molecule has 0 unspecified atom stereocenters. The molecule has 0 N–H and O–H groups in total. The van der Waals surface area contributed by atoms with Gasteiger partial charge in [-0.1, -0.05) is 23.5 Å². The van der Waals surface area contributed by atoms with Gasteiger partial charge in [0, 0.05) is 23.7 Å². The Hall–Kier alpha value is -3.39. The normalized spacial score (nSPS) is 11.1. The number of hydrogen-bond acceptors (Lipinski definition) is 6. The predicted molar refractivity (Wildman–Crippen MR) is 122 cm³/mol. The highest BCUT2D eigenvalue weighted by molar-refractivity contribution is 7.22. The van der Waals surface area contributed by atoms with Gasteiger partial charge in [0.1, 0.15) is 6.54 Å². The first-order valence-corrected chi connectivity index (χ1v) is 10.8.